The summed E-state index contributed by atoms with van der Waals surface area (Å²) < 4.78 is 142. The van der Waals surface area contributed by atoms with Crippen molar-refractivity contribution in [1.82, 2.24) is 19.9 Å². The number of nitrogens with zero attached hydrogens (tertiary/aromatic N) is 2. The summed E-state index contributed by atoms with van der Waals surface area (Å²) in [5.74, 6) is -0.977. The monoisotopic (exact) mass is 1040 g/mol. The van der Waals surface area contributed by atoms with Crippen molar-refractivity contribution in [3.63, 3.8) is 0 Å². The third-order valence-electron chi connectivity index (χ3n) is 10.6. The van der Waals surface area contributed by atoms with Gasteiger partial charge in [-0.3, -0.25) is 4.55 Å². The molecular formula is C44H26N4Na4O13S4. The first-order valence-corrected chi connectivity index (χ1v) is 24.4. The topological polar surface area (TPSA) is 306 Å². The van der Waals surface area contributed by atoms with Crippen LogP contribution in [0.15, 0.2) is 135 Å². The summed E-state index contributed by atoms with van der Waals surface area (Å²) in [5.41, 5.74) is 5.32. The van der Waals surface area contributed by atoms with E-state index in [1.807, 2.05) is 0 Å². The van der Waals surface area contributed by atoms with Crippen molar-refractivity contribution in [2.75, 3.05) is 0 Å². The number of aromatic nitrogens is 4. The molecule has 0 radical (unpaired) electrons. The number of aromatic amines is 2. The Morgan fingerprint density at radius 2 is 0.652 bits per heavy atom. The molecule has 0 atom stereocenters. The van der Waals surface area contributed by atoms with E-state index >= 15 is 0 Å². The average Bonchev–Trinajstić information content (AvgIpc) is 4.09. The number of rotatable bonds is 8. The van der Waals surface area contributed by atoms with Crippen LogP contribution < -0.4 is 123 Å². The molecule has 0 amide bonds. The fourth-order valence-electron chi connectivity index (χ4n) is 7.65. The van der Waals surface area contributed by atoms with E-state index in [1.54, 1.807) is 48.6 Å². The van der Waals surface area contributed by atoms with Crippen LogP contribution in [0.25, 0.3) is 90.9 Å². The number of hydrogen-bond acceptors (Lipinski definition) is 14. The van der Waals surface area contributed by atoms with E-state index < -0.39 is 65.8 Å². The summed E-state index contributed by atoms with van der Waals surface area (Å²) in [6, 6.07) is 25.3. The van der Waals surface area contributed by atoms with Crippen LogP contribution in [0.4, 0.5) is 0 Å². The zero-order valence-corrected chi connectivity index (χ0v) is 47.9. The minimum atomic E-state index is -5.01. The van der Waals surface area contributed by atoms with Crippen LogP contribution in [0, 0.1) is 0 Å². The molecule has 69 heavy (non-hydrogen) atoms. The Morgan fingerprint density at radius 1 is 0.391 bits per heavy atom. The Kier molecular flexibility index (Phi) is 17.8. The Balaban J connectivity index is 0.00000222. The van der Waals surface area contributed by atoms with Gasteiger partial charge in [-0.05, 0) is 113 Å². The number of nitrogens with one attached hydrogen (secondary N) is 2. The molecule has 0 aliphatic carbocycles. The molecule has 2 aliphatic rings. The van der Waals surface area contributed by atoms with E-state index in [0.29, 0.717) is 66.8 Å². The molecule has 2 aliphatic heterocycles. The Bertz CT molecular complexity index is 3810. The zero-order valence-electron chi connectivity index (χ0n) is 36.7. The molecule has 4 aromatic carbocycles. The molecular weight excluding hydrogens is 1010 g/mol. The number of hydrogen-bond donors (Lipinski definition) is 3. The maximum absolute atomic E-state index is 12.7. The molecule has 0 saturated carbocycles. The summed E-state index contributed by atoms with van der Waals surface area (Å²) in [4.78, 5) is 14.3. The van der Waals surface area contributed by atoms with Gasteiger partial charge in [0.2, 0.25) is 0 Å². The van der Waals surface area contributed by atoms with Gasteiger partial charge in [-0.1, -0.05) is 54.3 Å². The van der Waals surface area contributed by atoms with Gasteiger partial charge in [-0.2, -0.15) is 8.42 Å². The van der Waals surface area contributed by atoms with Crippen LogP contribution in [0.1, 0.15) is 22.8 Å². The van der Waals surface area contributed by atoms with Crippen LogP contribution in [0.3, 0.4) is 0 Å². The third-order valence-corrected chi connectivity index (χ3v) is 14.0. The Hall–Kier alpha value is -3.08. The molecule has 0 saturated heterocycles. The molecule has 5 heterocycles. The molecule has 3 N–H and O–H groups in total. The van der Waals surface area contributed by atoms with E-state index in [2.05, 4.69) is 9.97 Å². The Labute approximate surface area is 483 Å². The van der Waals surface area contributed by atoms with Crippen molar-refractivity contribution in [3.8, 4) is 50.3 Å². The molecule has 9 rings (SSSR count). The van der Waals surface area contributed by atoms with Gasteiger partial charge >= 0.3 is 118 Å². The third kappa shape index (κ3) is 11.7. The van der Waals surface area contributed by atoms with Gasteiger partial charge in [-0.15, -0.1) is 0 Å². The minimum absolute atomic E-state index is 0. The van der Waals surface area contributed by atoms with E-state index in [-0.39, 0.29) is 141 Å². The fourth-order valence-corrected chi connectivity index (χ4v) is 9.66. The van der Waals surface area contributed by atoms with Crippen LogP contribution >= 0.6 is 0 Å². The Morgan fingerprint density at radius 3 is 0.913 bits per heavy atom. The van der Waals surface area contributed by atoms with Gasteiger partial charge in [0.05, 0.1) is 42.4 Å². The zero-order chi connectivity index (χ0) is 46.2. The van der Waals surface area contributed by atoms with Crippen molar-refractivity contribution >= 4 is 86.8 Å². The number of benzene rings is 4. The second kappa shape index (κ2) is 21.6. The van der Waals surface area contributed by atoms with E-state index in [0.717, 1.165) is 48.5 Å². The molecule has 0 fully saturated rings. The molecule has 8 bridgehead atoms. The molecule has 0 unspecified atom stereocenters. The van der Waals surface area contributed by atoms with Crippen LogP contribution in [-0.4, -0.2) is 71.8 Å². The van der Waals surface area contributed by atoms with Crippen molar-refractivity contribution in [2.45, 2.75) is 19.6 Å². The van der Waals surface area contributed by atoms with Crippen molar-refractivity contribution < 1.29 is 175 Å². The van der Waals surface area contributed by atoms with Gasteiger partial charge in [0.15, 0.2) is 0 Å². The standard InChI is InChI=1S/C44H30N4O13S4.4Na/c49-39-22-7-27(23-40(39)65(59,60)61)44-37-20-18-35(47-37)42(25-3-10-29(11-4-25)63(53,54)55)33-16-14-31(45-33)41(24-1-8-28(9-2-24)62(50,51)52)32-15-17-34(46-32)43(36-19-21-38(44)48-36)26-5-12-30(13-6-26)64(56,57)58;;;;/h1-23,45,48-49H,(H,50,51,52)(H,53,54,55)(H,56,57,58)(H,59,60,61);;;;/q;4*+1/p-4. The molecule has 7 aromatic rings. The summed E-state index contributed by atoms with van der Waals surface area (Å²) in [7, 11) is -19.5. The minimum Gasteiger partial charge on any atom is -0.872 e. The summed E-state index contributed by atoms with van der Waals surface area (Å²) in [5, 5.41) is 12.7. The molecule has 3 aromatic heterocycles. The van der Waals surface area contributed by atoms with Crippen LogP contribution in [0.2, 0.25) is 0 Å². The van der Waals surface area contributed by atoms with Gasteiger partial charge in [0, 0.05) is 44.3 Å². The second-order valence-electron chi connectivity index (χ2n) is 14.6. The van der Waals surface area contributed by atoms with Crippen molar-refractivity contribution in [1.29, 1.82) is 0 Å². The smallest absolute Gasteiger partial charge is 0.872 e. The number of fused-ring (bicyclic) bond motifs is 8. The van der Waals surface area contributed by atoms with Gasteiger partial charge in [0.25, 0.3) is 10.1 Å². The second-order valence-corrected chi connectivity index (χ2v) is 20.1. The van der Waals surface area contributed by atoms with Crippen molar-refractivity contribution in [3.05, 3.63) is 138 Å². The summed E-state index contributed by atoms with van der Waals surface area (Å²) in [6.45, 7) is 0. The first-order valence-electron chi connectivity index (χ1n) is 18.8. The molecule has 25 heteroatoms. The predicted octanol–water partition coefficient (Wildman–Crippen LogP) is -5.63. The van der Waals surface area contributed by atoms with Gasteiger partial charge in [-0.25, -0.2) is 35.2 Å². The maximum atomic E-state index is 12.7. The fraction of sp³-hybridized carbons (Fsp3) is 0. The maximum Gasteiger partial charge on any atom is 1.00 e. The molecule has 0 spiro atoms. The predicted molar refractivity (Wildman–Crippen MR) is 234 cm³/mol. The van der Waals surface area contributed by atoms with Crippen LogP contribution in [-0.2, 0) is 40.5 Å². The summed E-state index contributed by atoms with van der Waals surface area (Å²) in [6.07, 6.45) is 6.55. The molecule has 328 valence electrons. The van der Waals surface area contributed by atoms with E-state index in [1.165, 1.54) is 42.5 Å². The van der Waals surface area contributed by atoms with Gasteiger partial charge < -0.3 is 28.7 Å². The normalized spacial score (nSPS) is 12.3. The van der Waals surface area contributed by atoms with Crippen molar-refractivity contribution in [2.24, 2.45) is 0 Å². The largest absolute Gasteiger partial charge is 1.00 e. The van der Waals surface area contributed by atoms with Crippen LogP contribution in [0.5, 0.6) is 5.75 Å². The first-order chi connectivity index (χ1) is 30.6. The average molecular weight is 1040 g/mol. The SMILES string of the molecule is O=S(=O)([O-])c1ccc(-c2c3nc(c(-c4ccc(S(=O)(=O)[O-])cc4)c4ccc([nH]4)c(-c4ccc([O-])c(S(=O)(=O)O)c4)c4nc(c(-c5ccc(S(=O)(=O)[O-])cc5)c5ccc2[nH]5)C=C4)C=C3)cc1.[Na+].[Na+].[Na+].[Na+]. The number of H-pyrrole nitrogens is 2. The quantitative estimate of drug-likeness (QED) is 0.0944. The van der Waals surface area contributed by atoms with E-state index in [9.17, 15) is 57.0 Å². The first kappa shape index (κ1) is 56.8. The van der Waals surface area contributed by atoms with E-state index in [4.69, 9.17) is 9.97 Å². The summed E-state index contributed by atoms with van der Waals surface area (Å²) >= 11 is 0. The molecule has 17 nitrogen and oxygen atoms in total. The van der Waals surface area contributed by atoms with Gasteiger partial charge in [0.1, 0.15) is 30.4 Å².